The number of esters is 1. The number of nitrogens with one attached hydrogen (secondary N) is 1. The van der Waals surface area contributed by atoms with Gasteiger partial charge in [0.1, 0.15) is 30.2 Å². The number of hydrogen-bond donors (Lipinski definition) is 2. The van der Waals surface area contributed by atoms with Gasteiger partial charge in [0, 0.05) is 45.1 Å². The summed E-state index contributed by atoms with van der Waals surface area (Å²) in [5.41, 5.74) is 1.35. The molecular weight excluding hydrogens is 797 g/mol. The lowest BCUT2D eigenvalue weighted by Gasteiger charge is -2.47. The van der Waals surface area contributed by atoms with Crippen molar-refractivity contribution in [2.45, 2.75) is 165 Å². The van der Waals surface area contributed by atoms with Crippen molar-refractivity contribution in [1.29, 1.82) is 0 Å². The molecule has 0 aromatic heterocycles. The van der Waals surface area contributed by atoms with E-state index in [0.717, 1.165) is 24.9 Å². The molecule has 3 aliphatic heterocycles. The van der Waals surface area contributed by atoms with Crippen LogP contribution in [-0.4, -0.2) is 144 Å². The number of Topliss-reactive ketones (excluding diaryl/α,β-unsaturated/α-hetero) is 1. The number of rotatable bonds is 12. The van der Waals surface area contributed by atoms with Crippen molar-refractivity contribution >= 4 is 17.4 Å². The minimum atomic E-state index is -0.929. The van der Waals surface area contributed by atoms with Crippen LogP contribution < -0.4 is 10.1 Å². The van der Waals surface area contributed by atoms with Crippen LogP contribution in [0.25, 0.3) is 0 Å². The van der Waals surface area contributed by atoms with Crippen LogP contribution in [-0.2, 0) is 47.5 Å². The smallest absolute Gasteiger partial charge is 0.306 e. The molecule has 0 radical (unpaired) electrons. The minimum Gasteiger partial charge on any atom is -0.495 e. The molecule has 5 fully saturated rings. The van der Waals surface area contributed by atoms with E-state index in [9.17, 15) is 9.90 Å². The van der Waals surface area contributed by atoms with Crippen LogP contribution >= 0.6 is 0 Å². The summed E-state index contributed by atoms with van der Waals surface area (Å²) in [5.74, 6) is -1.48. The first-order valence-corrected chi connectivity index (χ1v) is 23.2. The molecular formula is C48H74N2O12. The van der Waals surface area contributed by atoms with Gasteiger partial charge in [-0.25, -0.2) is 0 Å². The number of carbonyl (C=O) groups is 2. The van der Waals surface area contributed by atoms with Crippen molar-refractivity contribution in [1.82, 2.24) is 4.90 Å². The van der Waals surface area contributed by atoms with Gasteiger partial charge in [-0.1, -0.05) is 32.1 Å². The molecule has 0 amide bonds. The number of carbonyl (C=O) groups excluding carboxylic acids is 2. The van der Waals surface area contributed by atoms with E-state index in [0.29, 0.717) is 49.5 Å². The van der Waals surface area contributed by atoms with Crippen LogP contribution in [0.1, 0.15) is 85.5 Å². The fourth-order valence-electron chi connectivity index (χ4n) is 12.2. The van der Waals surface area contributed by atoms with E-state index < -0.39 is 60.8 Å². The van der Waals surface area contributed by atoms with Gasteiger partial charge in [-0.3, -0.25) is 9.59 Å². The van der Waals surface area contributed by atoms with E-state index >= 15 is 4.79 Å². The number of nitrogens with zero attached hydrogens (tertiary/aromatic N) is 1. The molecule has 3 aliphatic carbocycles. The molecule has 4 unspecified atom stereocenters. The van der Waals surface area contributed by atoms with Crippen LogP contribution in [0.3, 0.4) is 0 Å². The van der Waals surface area contributed by atoms with Gasteiger partial charge in [-0.2, -0.15) is 0 Å². The number of para-hydroxylation sites is 2. The Morgan fingerprint density at radius 3 is 2.26 bits per heavy atom. The average molecular weight is 871 g/mol. The highest BCUT2D eigenvalue weighted by atomic mass is 16.7. The van der Waals surface area contributed by atoms with E-state index in [1.807, 2.05) is 45.0 Å². The summed E-state index contributed by atoms with van der Waals surface area (Å²) in [6, 6.07) is 7.54. The summed E-state index contributed by atoms with van der Waals surface area (Å²) in [4.78, 5) is 31.3. The Kier molecular flexibility index (Phi) is 15.8. The molecule has 1 aromatic carbocycles. The molecule has 2 N–H and O–H groups in total. The highest BCUT2D eigenvalue weighted by Crippen LogP contribution is 2.58. The second-order valence-corrected chi connectivity index (χ2v) is 19.0. The number of benzene rings is 1. The monoisotopic (exact) mass is 871 g/mol. The fraction of sp³-hybridized carbons (Fsp3) is 0.792. The molecule has 1 aromatic rings. The standard InChI is InChI=1S/C48H74N2O12/c1-11-28-15-14-18-37(62-40-20-19-36(50(5)6)26(3)58-40)25(2)43(52)34-23-31-30-21-29(61-48-47(57-10)46(56-9)45(55-8)27(4)59-48)22-33(30)42(49-35-16-12-13-17-38(35)54-7)44(53)41(31)32(34)24-39(51)60-28/h12-13,16-17,23,25-33,36-37,40-42,44-49,53H,11,14-15,18-22,24H2,1-10H3/t25-,26?,27?,28+,29+,30+,31+,32-,33-,36+,37+,40+,41-,42+,44+,45+,46?,47?,48+/m1/s1. The summed E-state index contributed by atoms with van der Waals surface area (Å²) >= 11 is 0. The highest BCUT2D eigenvalue weighted by molar-refractivity contribution is 5.99. The largest absolute Gasteiger partial charge is 0.495 e. The van der Waals surface area contributed by atoms with Crippen LogP contribution in [0.15, 0.2) is 35.9 Å². The van der Waals surface area contributed by atoms with E-state index in [-0.39, 0.29) is 66.4 Å². The molecule has 19 atom stereocenters. The number of hydrogen-bond acceptors (Lipinski definition) is 14. The Morgan fingerprint density at radius 1 is 0.855 bits per heavy atom. The molecule has 3 saturated heterocycles. The zero-order valence-electron chi connectivity index (χ0n) is 38.6. The molecule has 2 saturated carbocycles. The van der Waals surface area contributed by atoms with Crippen molar-refractivity contribution in [3.8, 4) is 5.75 Å². The molecule has 62 heavy (non-hydrogen) atoms. The fourth-order valence-corrected chi connectivity index (χ4v) is 12.2. The molecule has 0 bridgehead atoms. The lowest BCUT2D eigenvalue weighted by Crippen LogP contribution is -2.59. The van der Waals surface area contributed by atoms with Gasteiger partial charge in [-0.15, -0.1) is 0 Å². The van der Waals surface area contributed by atoms with Gasteiger partial charge >= 0.3 is 5.97 Å². The maximum atomic E-state index is 15.1. The normalized spacial score (nSPS) is 42.8. The van der Waals surface area contributed by atoms with Crippen molar-refractivity contribution < 1.29 is 57.3 Å². The third kappa shape index (κ3) is 9.65. The number of likely N-dealkylation sites (N-methyl/N-ethyl adjacent to an activating group) is 1. The third-order valence-corrected chi connectivity index (χ3v) is 15.3. The number of allylic oxidation sites excluding steroid dienone is 2. The predicted molar refractivity (Wildman–Crippen MR) is 232 cm³/mol. The Hall–Kier alpha value is -2.66. The molecule has 14 heteroatoms. The van der Waals surface area contributed by atoms with Crippen molar-refractivity contribution in [3.05, 3.63) is 35.9 Å². The SMILES string of the molecule is CC[C@H]1CCC[C@H](O[C@H]2CC[C@H](N(C)C)C(C)O2)[C@@H](C)C(=O)C2=C[C@H]3[C@@H]4C[C@H](O[C@@H]5OC(C)[C@H](OC)C(OC)C5OC)C[C@H]4[C@H](Nc4ccccc4OC)[C@@H](O)[C@H]3[C@@H]2CC(=O)O1. The third-order valence-electron chi connectivity index (χ3n) is 15.3. The average Bonchev–Trinajstić information content (AvgIpc) is 3.84. The summed E-state index contributed by atoms with van der Waals surface area (Å²) in [7, 11) is 10.7. The zero-order valence-corrected chi connectivity index (χ0v) is 38.6. The van der Waals surface area contributed by atoms with E-state index in [4.69, 9.17) is 42.6 Å². The Labute approximate surface area is 368 Å². The number of ketones is 1. The van der Waals surface area contributed by atoms with Gasteiger partial charge in [0.25, 0.3) is 0 Å². The Balaban J connectivity index is 1.21. The number of aliphatic hydroxyl groups is 1. The van der Waals surface area contributed by atoms with Crippen molar-refractivity contribution in [3.63, 3.8) is 0 Å². The first-order chi connectivity index (χ1) is 29.8. The summed E-state index contributed by atoms with van der Waals surface area (Å²) < 4.78 is 56.1. The van der Waals surface area contributed by atoms with Crippen molar-refractivity contribution in [2.24, 2.45) is 35.5 Å². The molecule has 3 heterocycles. The van der Waals surface area contributed by atoms with Gasteiger partial charge in [0.15, 0.2) is 18.4 Å². The van der Waals surface area contributed by atoms with Crippen molar-refractivity contribution in [2.75, 3.05) is 47.9 Å². The number of cyclic esters (lactones) is 1. The second-order valence-electron chi connectivity index (χ2n) is 19.0. The lowest BCUT2D eigenvalue weighted by molar-refractivity contribution is -0.314. The zero-order chi connectivity index (χ0) is 44.4. The molecule has 6 aliphatic rings. The lowest BCUT2D eigenvalue weighted by atomic mass is 9.62. The first-order valence-electron chi connectivity index (χ1n) is 23.2. The molecule has 14 nitrogen and oxygen atoms in total. The summed E-state index contributed by atoms with van der Waals surface area (Å²) in [6.45, 7) is 8.04. The second kappa shape index (κ2) is 20.7. The Morgan fingerprint density at radius 2 is 1.58 bits per heavy atom. The molecule has 0 spiro atoms. The number of ether oxygens (including phenoxy) is 9. The highest BCUT2D eigenvalue weighted by Gasteiger charge is 2.60. The van der Waals surface area contributed by atoms with Gasteiger partial charge < -0.3 is 58.0 Å². The van der Waals surface area contributed by atoms with Crippen LogP contribution in [0.2, 0.25) is 0 Å². The molecule has 348 valence electrons. The summed E-state index contributed by atoms with van der Waals surface area (Å²) in [6.07, 6.45) is 3.18. The number of fused-ring (bicyclic) bond motifs is 5. The van der Waals surface area contributed by atoms with Crippen LogP contribution in [0.5, 0.6) is 5.75 Å². The topological polar surface area (TPSA) is 153 Å². The first kappa shape index (κ1) is 47.3. The van der Waals surface area contributed by atoms with Gasteiger partial charge in [-0.05, 0) is 115 Å². The Bertz CT molecular complexity index is 1690. The van der Waals surface area contributed by atoms with E-state index in [2.05, 4.69) is 37.3 Å². The number of anilines is 1. The maximum Gasteiger partial charge on any atom is 0.306 e. The molecule has 7 rings (SSSR count). The van der Waals surface area contributed by atoms with Gasteiger partial charge in [0.2, 0.25) is 0 Å². The maximum absolute atomic E-state index is 15.1. The van der Waals surface area contributed by atoms with Crippen LogP contribution in [0, 0.1) is 35.5 Å². The number of methoxy groups -OCH3 is 4. The van der Waals surface area contributed by atoms with Crippen LogP contribution in [0.4, 0.5) is 5.69 Å². The van der Waals surface area contributed by atoms with Gasteiger partial charge in [0.05, 0.1) is 55.8 Å². The summed E-state index contributed by atoms with van der Waals surface area (Å²) in [5, 5.41) is 16.5. The van der Waals surface area contributed by atoms with E-state index in [1.165, 1.54) is 0 Å². The number of aliphatic hydroxyl groups excluding tert-OH is 1. The quantitative estimate of drug-likeness (QED) is 0.244. The van der Waals surface area contributed by atoms with E-state index in [1.54, 1.807) is 28.4 Å². The predicted octanol–water partition coefficient (Wildman–Crippen LogP) is 5.78. The minimum absolute atomic E-state index is 0.000390.